The second-order valence-corrected chi connectivity index (χ2v) is 14.8. The molecule has 0 amide bonds. The molecule has 3 aromatic carbocycles. The van der Waals surface area contributed by atoms with Crippen molar-refractivity contribution >= 4 is 26.3 Å². The van der Waals surface area contributed by atoms with E-state index in [4.69, 9.17) is 0 Å². The molecule has 1 nitrogen and oxygen atoms in total. The van der Waals surface area contributed by atoms with Crippen molar-refractivity contribution in [1.29, 1.82) is 0 Å². The van der Waals surface area contributed by atoms with E-state index in [1.54, 1.807) is 6.07 Å². The standard InChI is InChI=1S/C21H29OP2.C5H.Fe/c1-16(24(20(2,3)4)21(5,6)7)18-14-11-15-19(18)23(22)17-12-9-8-10-13-17;1-2-4-5-3-1;/h8-13,15-16H,1-7H3;1H;/q-1;-5;+2/t16-;;/m0../s1. The summed E-state index contributed by atoms with van der Waals surface area (Å²) < 4.78 is 13.1. The summed E-state index contributed by atoms with van der Waals surface area (Å²) in [5.41, 5.74) is 1.52. The third-order valence-electron chi connectivity index (χ3n) is 4.57. The maximum atomic E-state index is 13.1. The van der Waals surface area contributed by atoms with Crippen molar-refractivity contribution in [2.24, 2.45) is 0 Å². The fourth-order valence-electron chi connectivity index (χ4n) is 4.07. The van der Waals surface area contributed by atoms with Crippen molar-refractivity contribution in [3.8, 4) is 0 Å². The first-order chi connectivity index (χ1) is 13.5. The van der Waals surface area contributed by atoms with Crippen molar-refractivity contribution in [1.82, 2.24) is 0 Å². The Balaban J connectivity index is 0.000000655. The van der Waals surface area contributed by atoms with E-state index in [-0.39, 0.29) is 35.3 Å². The van der Waals surface area contributed by atoms with Crippen molar-refractivity contribution in [3.05, 3.63) is 84.4 Å². The van der Waals surface area contributed by atoms with Gasteiger partial charge in [-0.1, -0.05) is 79.2 Å². The Morgan fingerprint density at radius 2 is 1.53 bits per heavy atom. The van der Waals surface area contributed by atoms with Gasteiger partial charge in [0, 0.05) is 0 Å². The first-order valence-electron chi connectivity index (χ1n) is 9.85. The molecule has 0 aliphatic heterocycles. The van der Waals surface area contributed by atoms with Crippen LogP contribution in [0.3, 0.4) is 0 Å². The predicted octanol–water partition coefficient (Wildman–Crippen LogP) is 6.73. The van der Waals surface area contributed by atoms with Crippen molar-refractivity contribution in [3.63, 3.8) is 0 Å². The SMILES string of the molecule is C[C@@H](c1[c-]cc[c-]1[P+](=O)c1ccccc1)P(C(C)(C)C)C(C)(C)C.[Fe+2].[c-]1[c-][c-][cH-][c-]1. The summed E-state index contributed by atoms with van der Waals surface area (Å²) in [4.78, 5) is 0. The van der Waals surface area contributed by atoms with Crippen LogP contribution in [0.15, 0.2) is 48.5 Å². The molecule has 3 aromatic rings. The third-order valence-corrected chi connectivity index (χ3v) is 10.1. The quantitative estimate of drug-likeness (QED) is 0.232. The van der Waals surface area contributed by atoms with Gasteiger partial charge in [0.1, 0.15) is 0 Å². The third kappa shape index (κ3) is 7.28. The minimum Gasteiger partial charge on any atom is -0.999 e. The summed E-state index contributed by atoms with van der Waals surface area (Å²) in [6, 6.07) is 29.1. The average molecular weight is 476 g/mol. The molecule has 0 heterocycles. The van der Waals surface area contributed by atoms with Gasteiger partial charge < -0.3 is 48.5 Å². The van der Waals surface area contributed by atoms with Crippen molar-refractivity contribution in [2.45, 2.75) is 64.4 Å². The molecule has 0 N–H and O–H groups in total. The minimum atomic E-state index is -1.55. The first kappa shape index (κ1) is 27.0. The van der Waals surface area contributed by atoms with Gasteiger partial charge in [0.05, 0.1) is 0 Å². The van der Waals surface area contributed by atoms with E-state index < -0.39 is 7.80 Å². The minimum absolute atomic E-state index is 0. The van der Waals surface area contributed by atoms with Crippen LogP contribution >= 0.6 is 15.7 Å². The van der Waals surface area contributed by atoms with Crippen LogP contribution in [0.5, 0.6) is 0 Å². The molecule has 3 rings (SSSR count). The molecule has 0 fully saturated rings. The molecule has 0 saturated heterocycles. The maximum Gasteiger partial charge on any atom is 2.00 e. The van der Waals surface area contributed by atoms with E-state index in [0.29, 0.717) is 5.66 Å². The molecule has 0 aliphatic carbocycles. The molecular weight excluding hydrogens is 446 g/mol. The van der Waals surface area contributed by atoms with E-state index in [9.17, 15) is 4.57 Å². The normalized spacial score (nSPS) is 13.1. The van der Waals surface area contributed by atoms with E-state index >= 15 is 0 Å². The van der Waals surface area contributed by atoms with Crippen LogP contribution in [0.2, 0.25) is 0 Å². The molecule has 0 saturated carbocycles. The molecular formula is C26H30FeOP2-4. The molecule has 0 aromatic heterocycles. The molecule has 0 radical (unpaired) electrons. The predicted molar refractivity (Wildman–Crippen MR) is 126 cm³/mol. The Labute approximate surface area is 196 Å². The van der Waals surface area contributed by atoms with Gasteiger partial charge in [-0.25, -0.2) is 5.56 Å². The Morgan fingerprint density at radius 1 is 1.00 bits per heavy atom. The smallest absolute Gasteiger partial charge is 0.999 e. The molecule has 0 spiro atoms. The first-order valence-corrected chi connectivity index (χ1v) is 12.5. The van der Waals surface area contributed by atoms with Gasteiger partial charge in [-0.15, -0.1) is 5.30 Å². The second kappa shape index (κ2) is 11.5. The molecule has 4 heteroatoms. The number of benzene rings is 1. The Kier molecular flexibility index (Phi) is 10.4. The topological polar surface area (TPSA) is 17.1 Å². The zero-order chi connectivity index (χ0) is 21.7. The maximum absolute atomic E-state index is 13.1. The summed E-state index contributed by atoms with van der Waals surface area (Å²) in [7, 11) is -1.88. The summed E-state index contributed by atoms with van der Waals surface area (Å²) >= 11 is 0. The van der Waals surface area contributed by atoms with Crippen LogP contribution in [0.1, 0.15) is 59.7 Å². The van der Waals surface area contributed by atoms with Crippen LogP contribution < -0.4 is 10.6 Å². The number of hydrogen-bond acceptors (Lipinski definition) is 1. The molecule has 30 heavy (non-hydrogen) atoms. The second-order valence-electron chi connectivity index (χ2n) is 8.98. The van der Waals surface area contributed by atoms with Gasteiger partial charge in [0.2, 0.25) is 0 Å². The number of rotatable bonds is 4. The van der Waals surface area contributed by atoms with Gasteiger partial charge >= 0.3 is 17.1 Å². The zero-order valence-corrected chi connectivity index (χ0v) is 21.7. The fourth-order valence-corrected chi connectivity index (χ4v) is 10.4. The van der Waals surface area contributed by atoms with Crippen LogP contribution in [-0.2, 0) is 21.6 Å². The van der Waals surface area contributed by atoms with E-state index in [1.807, 2.05) is 42.5 Å². The average Bonchev–Trinajstić information content (AvgIpc) is 3.33. The monoisotopic (exact) mass is 476 g/mol. The van der Waals surface area contributed by atoms with E-state index in [2.05, 4.69) is 78.8 Å². The summed E-state index contributed by atoms with van der Waals surface area (Å²) in [6.45, 7) is 16.3. The van der Waals surface area contributed by atoms with Crippen LogP contribution in [0, 0.1) is 30.3 Å². The van der Waals surface area contributed by atoms with Gasteiger partial charge in [-0.05, 0) is 28.1 Å². The zero-order valence-electron chi connectivity index (χ0n) is 18.9. The van der Waals surface area contributed by atoms with Gasteiger partial charge in [-0.2, -0.15) is 0 Å². The van der Waals surface area contributed by atoms with E-state index in [0.717, 1.165) is 16.2 Å². The van der Waals surface area contributed by atoms with Crippen molar-refractivity contribution < 1.29 is 21.6 Å². The van der Waals surface area contributed by atoms with Crippen LogP contribution in [-0.4, -0.2) is 10.3 Å². The Hall–Kier alpha value is -1.03. The largest absolute Gasteiger partial charge is 2.00 e. The molecule has 0 aliphatic rings. The van der Waals surface area contributed by atoms with Gasteiger partial charge in [0.25, 0.3) is 7.80 Å². The molecule has 2 atom stereocenters. The molecule has 0 bridgehead atoms. The van der Waals surface area contributed by atoms with Gasteiger partial charge in [0.15, 0.2) is 5.30 Å². The van der Waals surface area contributed by atoms with Crippen LogP contribution in [0.25, 0.3) is 0 Å². The summed E-state index contributed by atoms with van der Waals surface area (Å²) in [6.07, 6.45) is 0. The molecule has 162 valence electrons. The molecule has 1 unspecified atom stereocenters. The Morgan fingerprint density at radius 3 is 1.97 bits per heavy atom. The van der Waals surface area contributed by atoms with Crippen molar-refractivity contribution in [2.75, 3.05) is 0 Å². The Bertz CT molecular complexity index is 837. The van der Waals surface area contributed by atoms with Crippen LogP contribution in [0.4, 0.5) is 0 Å². The van der Waals surface area contributed by atoms with E-state index in [1.165, 1.54) is 0 Å². The number of hydrogen-bond donors (Lipinski definition) is 0. The summed E-state index contributed by atoms with van der Waals surface area (Å²) in [5.74, 6) is 0. The summed E-state index contributed by atoms with van der Waals surface area (Å²) in [5, 5.41) is 2.32. The van der Waals surface area contributed by atoms with Gasteiger partial charge in [-0.3, -0.25) is 0 Å². The fraction of sp³-hybridized carbons (Fsp3) is 0.385.